The van der Waals surface area contributed by atoms with Crippen molar-refractivity contribution in [1.82, 2.24) is 10.2 Å². The third-order valence-electron chi connectivity index (χ3n) is 4.50. The fraction of sp³-hybridized carbons (Fsp3) is 1.00. The van der Waals surface area contributed by atoms with Crippen molar-refractivity contribution >= 4 is 0 Å². The van der Waals surface area contributed by atoms with E-state index in [0.717, 1.165) is 32.4 Å². The summed E-state index contributed by atoms with van der Waals surface area (Å²) in [5.74, 6) is 0. The number of methoxy groups -OCH3 is 1. The Morgan fingerprint density at radius 3 is 2.75 bits per heavy atom. The number of hydrogen-bond acceptors (Lipinski definition) is 4. The molecule has 2 atom stereocenters. The number of rotatable bonds is 9. The number of aliphatic hydroxyl groups excluding tert-OH is 1. The second kappa shape index (κ2) is 8.98. The van der Waals surface area contributed by atoms with E-state index in [-0.39, 0.29) is 12.1 Å². The van der Waals surface area contributed by atoms with Crippen molar-refractivity contribution in [2.75, 3.05) is 33.4 Å². The average Bonchev–Trinajstić information content (AvgIpc) is 2.46. The van der Waals surface area contributed by atoms with Gasteiger partial charge in [-0.15, -0.1) is 0 Å². The van der Waals surface area contributed by atoms with Gasteiger partial charge in [0.15, 0.2) is 0 Å². The van der Waals surface area contributed by atoms with E-state index >= 15 is 0 Å². The van der Waals surface area contributed by atoms with Crippen molar-refractivity contribution < 1.29 is 9.84 Å². The molecule has 0 saturated carbocycles. The first-order chi connectivity index (χ1) is 9.55. The van der Waals surface area contributed by atoms with Crippen LogP contribution in [0, 0.1) is 0 Å². The molecule has 0 radical (unpaired) electrons. The van der Waals surface area contributed by atoms with Gasteiger partial charge in [-0.05, 0) is 45.2 Å². The molecule has 0 spiro atoms. The Bertz CT molecular complexity index is 255. The number of piperidine rings is 1. The summed E-state index contributed by atoms with van der Waals surface area (Å²) in [6, 6.07) is 0.412. The largest absolute Gasteiger partial charge is 0.394 e. The first kappa shape index (κ1) is 17.9. The molecule has 2 unspecified atom stereocenters. The van der Waals surface area contributed by atoms with E-state index in [4.69, 9.17) is 4.74 Å². The summed E-state index contributed by atoms with van der Waals surface area (Å²) in [6.45, 7) is 10.0. The van der Waals surface area contributed by atoms with Gasteiger partial charge in [-0.3, -0.25) is 0 Å². The molecule has 20 heavy (non-hydrogen) atoms. The zero-order chi connectivity index (χ0) is 15.0. The van der Waals surface area contributed by atoms with E-state index in [1.54, 1.807) is 0 Å². The maximum atomic E-state index is 9.75. The lowest BCUT2D eigenvalue weighted by atomic mass is 9.90. The highest BCUT2D eigenvalue weighted by Gasteiger charge is 2.28. The molecule has 0 aromatic rings. The molecule has 1 saturated heterocycles. The molecule has 0 bridgehead atoms. The molecule has 4 heteroatoms. The van der Waals surface area contributed by atoms with Crippen LogP contribution in [0.1, 0.15) is 52.9 Å². The second-order valence-electron chi connectivity index (χ2n) is 6.50. The summed E-state index contributed by atoms with van der Waals surface area (Å²) in [5, 5.41) is 13.3. The van der Waals surface area contributed by atoms with Crippen LogP contribution in [-0.2, 0) is 4.74 Å². The minimum Gasteiger partial charge on any atom is -0.394 e. The van der Waals surface area contributed by atoms with Gasteiger partial charge in [0.2, 0.25) is 0 Å². The molecule has 4 nitrogen and oxygen atoms in total. The van der Waals surface area contributed by atoms with E-state index in [2.05, 4.69) is 31.0 Å². The minimum absolute atomic E-state index is 0.107. The Morgan fingerprint density at radius 1 is 1.45 bits per heavy atom. The van der Waals surface area contributed by atoms with E-state index in [1.807, 2.05) is 7.11 Å². The van der Waals surface area contributed by atoms with Gasteiger partial charge in [0.25, 0.3) is 0 Å². The van der Waals surface area contributed by atoms with Crippen LogP contribution in [-0.4, -0.2) is 61.0 Å². The highest BCUT2D eigenvalue weighted by Crippen LogP contribution is 2.20. The van der Waals surface area contributed by atoms with Crippen molar-refractivity contribution in [2.24, 2.45) is 0 Å². The summed E-state index contributed by atoms with van der Waals surface area (Å²) >= 11 is 0. The lowest BCUT2D eigenvalue weighted by molar-refractivity contribution is 0.0292. The van der Waals surface area contributed by atoms with Gasteiger partial charge >= 0.3 is 0 Å². The number of ether oxygens (including phenoxy) is 1. The Labute approximate surface area is 124 Å². The zero-order valence-electron chi connectivity index (χ0n) is 13.8. The Kier molecular flexibility index (Phi) is 8.03. The van der Waals surface area contributed by atoms with Crippen LogP contribution in [0.2, 0.25) is 0 Å². The Morgan fingerprint density at radius 2 is 2.20 bits per heavy atom. The van der Waals surface area contributed by atoms with E-state index in [9.17, 15) is 5.11 Å². The average molecular weight is 286 g/mol. The van der Waals surface area contributed by atoms with E-state index in [1.165, 1.54) is 19.4 Å². The number of likely N-dealkylation sites (tertiary alicyclic amines) is 1. The van der Waals surface area contributed by atoms with Gasteiger partial charge in [-0.2, -0.15) is 0 Å². The first-order valence-corrected chi connectivity index (χ1v) is 8.19. The number of nitrogens with zero attached hydrogens (tertiary/aromatic N) is 1. The van der Waals surface area contributed by atoms with Crippen LogP contribution < -0.4 is 5.32 Å². The molecule has 0 aromatic heterocycles. The molecule has 0 aromatic carbocycles. The van der Waals surface area contributed by atoms with Crippen molar-refractivity contribution in [3.63, 3.8) is 0 Å². The molecule has 0 aliphatic carbocycles. The topological polar surface area (TPSA) is 44.7 Å². The summed E-state index contributed by atoms with van der Waals surface area (Å²) < 4.78 is 5.47. The summed E-state index contributed by atoms with van der Waals surface area (Å²) in [7, 11) is 1.81. The first-order valence-electron chi connectivity index (χ1n) is 8.19. The van der Waals surface area contributed by atoms with Gasteiger partial charge in [0, 0.05) is 25.2 Å². The van der Waals surface area contributed by atoms with Crippen LogP contribution in [0.4, 0.5) is 0 Å². The quantitative estimate of drug-likeness (QED) is 0.681. The predicted octanol–water partition coefficient (Wildman–Crippen LogP) is 2.02. The second-order valence-corrected chi connectivity index (χ2v) is 6.50. The maximum Gasteiger partial charge on any atom is 0.0698 e. The Balaban J connectivity index is 2.36. The Hall–Kier alpha value is -0.160. The van der Waals surface area contributed by atoms with Gasteiger partial charge in [0.05, 0.1) is 12.7 Å². The predicted molar refractivity (Wildman–Crippen MR) is 84.1 cm³/mol. The number of aliphatic hydroxyl groups is 1. The maximum absolute atomic E-state index is 9.75. The normalized spacial score (nSPS) is 24.0. The van der Waals surface area contributed by atoms with Crippen LogP contribution >= 0.6 is 0 Å². The van der Waals surface area contributed by atoms with E-state index < -0.39 is 0 Å². The van der Waals surface area contributed by atoms with Crippen LogP contribution in [0.15, 0.2) is 0 Å². The van der Waals surface area contributed by atoms with Crippen LogP contribution in [0.3, 0.4) is 0 Å². The molecule has 2 N–H and O–H groups in total. The molecule has 1 heterocycles. The zero-order valence-corrected chi connectivity index (χ0v) is 13.8. The van der Waals surface area contributed by atoms with E-state index in [0.29, 0.717) is 12.1 Å². The SMILES string of the molecule is CCC(CO)(CCCN1CCCC(OC)C1)NC(C)C. The monoisotopic (exact) mass is 286 g/mol. The van der Waals surface area contributed by atoms with Crippen LogP contribution in [0.25, 0.3) is 0 Å². The molecular weight excluding hydrogens is 252 g/mol. The highest BCUT2D eigenvalue weighted by molar-refractivity contribution is 4.88. The molecule has 1 rings (SSSR count). The summed E-state index contributed by atoms with van der Waals surface area (Å²) in [5.41, 5.74) is -0.107. The number of nitrogens with one attached hydrogen (secondary N) is 1. The third kappa shape index (κ3) is 5.68. The molecule has 1 aliphatic rings. The minimum atomic E-state index is -0.107. The third-order valence-corrected chi connectivity index (χ3v) is 4.50. The molecule has 1 fully saturated rings. The summed E-state index contributed by atoms with van der Waals surface area (Å²) in [4.78, 5) is 2.50. The van der Waals surface area contributed by atoms with Gasteiger partial charge in [-0.25, -0.2) is 0 Å². The molecule has 0 amide bonds. The van der Waals surface area contributed by atoms with Gasteiger partial charge in [-0.1, -0.05) is 20.8 Å². The highest BCUT2D eigenvalue weighted by atomic mass is 16.5. The number of hydrogen-bond donors (Lipinski definition) is 2. The van der Waals surface area contributed by atoms with Crippen molar-refractivity contribution in [3.8, 4) is 0 Å². The smallest absolute Gasteiger partial charge is 0.0698 e. The van der Waals surface area contributed by atoms with Crippen molar-refractivity contribution in [3.05, 3.63) is 0 Å². The van der Waals surface area contributed by atoms with Crippen molar-refractivity contribution in [1.29, 1.82) is 0 Å². The lowest BCUT2D eigenvalue weighted by Crippen LogP contribution is -2.51. The molecule has 1 aliphatic heterocycles. The summed E-state index contributed by atoms with van der Waals surface area (Å²) in [6.07, 6.45) is 5.98. The van der Waals surface area contributed by atoms with Crippen LogP contribution in [0.5, 0.6) is 0 Å². The lowest BCUT2D eigenvalue weighted by Gasteiger charge is -2.36. The fourth-order valence-corrected chi connectivity index (χ4v) is 3.25. The molecule has 120 valence electrons. The van der Waals surface area contributed by atoms with Gasteiger partial charge in [0.1, 0.15) is 0 Å². The van der Waals surface area contributed by atoms with Crippen molar-refractivity contribution in [2.45, 2.75) is 70.6 Å². The molecular formula is C16H34N2O2. The fourth-order valence-electron chi connectivity index (χ4n) is 3.25. The van der Waals surface area contributed by atoms with Gasteiger partial charge < -0.3 is 20.1 Å². The standard InChI is InChI=1S/C16H34N2O2/c1-5-16(13-19,17-14(2)3)9-7-11-18-10-6-8-15(12-18)20-4/h14-15,17,19H,5-13H2,1-4H3.